The molecule has 1 fully saturated rings. The zero-order valence-corrected chi connectivity index (χ0v) is 12.1. The van der Waals surface area contributed by atoms with E-state index in [4.69, 9.17) is 9.52 Å². The van der Waals surface area contributed by atoms with Crippen molar-refractivity contribution in [3.8, 4) is 0 Å². The lowest BCUT2D eigenvalue weighted by atomic mass is 9.79. The largest absolute Gasteiger partial charge is 0.475 e. The number of nitrogens with one attached hydrogen (secondary N) is 1. The van der Waals surface area contributed by atoms with E-state index in [1.165, 1.54) is 6.42 Å². The van der Waals surface area contributed by atoms with Crippen LogP contribution in [0.5, 0.6) is 0 Å². The monoisotopic (exact) mass is 281 g/mol. The Balaban J connectivity index is 1.86. The molecule has 20 heavy (non-hydrogen) atoms. The van der Waals surface area contributed by atoms with E-state index in [0.29, 0.717) is 30.3 Å². The van der Waals surface area contributed by atoms with Crippen molar-refractivity contribution in [2.24, 2.45) is 5.92 Å². The molecule has 1 aromatic heterocycles. The molecular weight excluding hydrogens is 258 g/mol. The molecular formula is C15H23NO4. The van der Waals surface area contributed by atoms with Gasteiger partial charge in [0.05, 0.1) is 12.1 Å². The zero-order chi connectivity index (χ0) is 14.8. The van der Waals surface area contributed by atoms with Crippen LogP contribution in [0.4, 0.5) is 0 Å². The quantitative estimate of drug-likeness (QED) is 0.771. The summed E-state index contributed by atoms with van der Waals surface area (Å²) in [6, 6.07) is 1.73. The second kappa shape index (κ2) is 5.97. The number of carboxylic acids is 1. The van der Waals surface area contributed by atoms with Crippen LogP contribution in [0.2, 0.25) is 0 Å². The van der Waals surface area contributed by atoms with E-state index in [9.17, 15) is 9.90 Å². The van der Waals surface area contributed by atoms with Crippen LogP contribution < -0.4 is 5.32 Å². The smallest absolute Gasteiger partial charge is 0.372 e. The first-order valence-corrected chi connectivity index (χ1v) is 7.15. The minimum absolute atomic E-state index is 0.00759. The summed E-state index contributed by atoms with van der Waals surface area (Å²) in [5.74, 6) is 0.0904. The second-order valence-corrected chi connectivity index (χ2v) is 6.06. The summed E-state index contributed by atoms with van der Waals surface area (Å²) < 4.78 is 5.28. The molecule has 0 saturated heterocycles. The van der Waals surface area contributed by atoms with Crippen molar-refractivity contribution in [3.63, 3.8) is 0 Å². The average molecular weight is 281 g/mol. The predicted octanol–water partition coefficient (Wildman–Crippen LogP) is 2.32. The Morgan fingerprint density at radius 1 is 1.60 bits per heavy atom. The fraction of sp³-hybridized carbons (Fsp3) is 0.667. The number of hydrogen-bond acceptors (Lipinski definition) is 4. The third-order valence-electron chi connectivity index (χ3n) is 3.98. The first-order chi connectivity index (χ1) is 9.39. The molecule has 0 radical (unpaired) electrons. The SMILES string of the molecule is Cc1cc(CNCC2(O)CCCC(C)C2)oc1C(=O)O. The summed E-state index contributed by atoms with van der Waals surface area (Å²) in [6.45, 7) is 4.83. The minimum atomic E-state index is -1.05. The van der Waals surface area contributed by atoms with E-state index in [-0.39, 0.29) is 5.76 Å². The molecule has 1 heterocycles. The number of rotatable bonds is 5. The molecule has 0 bridgehead atoms. The summed E-state index contributed by atoms with van der Waals surface area (Å²) in [5, 5.41) is 22.6. The van der Waals surface area contributed by atoms with Crippen LogP contribution in [0, 0.1) is 12.8 Å². The van der Waals surface area contributed by atoms with Gasteiger partial charge in [-0.1, -0.05) is 19.8 Å². The molecule has 5 nitrogen and oxygen atoms in total. The Morgan fingerprint density at radius 3 is 2.95 bits per heavy atom. The number of carboxylic acid groups (broad SMARTS) is 1. The van der Waals surface area contributed by atoms with Crippen molar-refractivity contribution in [2.45, 2.75) is 51.7 Å². The van der Waals surface area contributed by atoms with Gasteiger partial charge in [-0.3, -0.25) is 0 Å². The Kier molecular flexibility index (Phi) is 4.50. The van der Waals surface area contributed by atoms with Gasteiger partial charge in [0, 0.05) is 12.1 Å². The molecule has 5 heteroatoms. The van der Waals surface area contributed by atoms with Crippen molar-refractivity contribution in [3.05, 3.63) is 23.2 Å². The Morgan fingerprint density at radius 2 is 2.35 bits per heavy atom. The lowest BCUT2D eigenvalue weighted by molar-refractivity contribution is -0.0122. The molecule has 1 aliphatic rings. The first kappa shape index (κ1) is 15.1. The van der Waals surface area contributed by atoms with Crippen LogP contribution in [0.3, 0.4) is 0 Å². The first-order valence-electron chi connectivity index (χ1n) is 7.15. The summed E-state index contributed by atoms with van der Waals surface area (Å²) >= 11 is 0. The molecule has 1 aromatic rings. The maximum atomic E-state index is 10.9. The Bertz CT molecular complexity index is 482. The third kappa shape index (κ3) is 3.61. The van der Waals surface area contributed by atoms with Crippen molar-refractivity contribution in [1.82, 2.24) is 5.32 Å². The van der Waals surface area contributed by atoms with Crippen molar-refractivity contribution < 1.29 is 19.4 Å². The number of furan rings is 1. The molecule has 0 spiro atoms. The normalized spacial score (nSPS) is 26.6. The molecule has 3 N–H and O–H groups in total. The maximum absolute atomic E-state index is 10.9. The van der Waals surface area contributed by atoms with Gasteiger partial charge < -0.3 is 19.9 Å². The summed E-state index contributed by atoms with van der Waals surface area (Å²) in [5.41, 5.74) is -0.0196. The van der Waals surface area contributed by atoms with Crippen LogP contribution in [0.15, 0.2) is 10.5 Å². The van der Waals surface area contributed by atoms with E-state index in [2.05, 4.69) is 12.2 Å². The number of hydrogen-bond donors (Lipinski definition) is 3. The number of carbonyl (C=O) groups is 1. The molecule has 1 aliphatic carbocycles. The molecule has 0 aromatic carbocycles. The van der Waals surface area contributed by atoms with E-state index >= 15 is 0 Å². The van der Waals surface area contributed by atoms with Crippen LogP contribution >= 0.6 is 0 Å². The van der Waals surface area contributed by atoms with Crippen LogP contribution in [-0.4, -0.2) is 28.3 Å². The Hall–Kier alpha value is -1.33. The number of aryl methyl sites for hydroxylation is 1. The highest BCUT2D eigenvalue weighted by Gasteiger charge is 2.32. The lowest BCUT2D eigenvalue weighted by Crippen LogP contribution is -2.43. The van der Waals surface area contributed by atoms with Gasteiger partial charge in [-0.2, -0.15) is 0 Å². The van der Waals surface area contributed by atoms with Crippen molar-refractivity contribution in [1.29, 1.82) is 0 Å². The van der Waals surface area contributed by atoms with Crippen LogP contribution in [0.1, 0.15) is 54.5 Å². The average Bonchev–Trinajstić information content (AvgIpc) is 2.70. The molecule has 2 unspecified atom stereocenters. The summed E-state index contributed by atoms with van der Waals surface area (Å²) in [4.78, 5) is 10.9. The minimum Gasteiger partial charge on any atom is -0.475 e. The standard InChI is InChI=1S/C15H23NO4/c1-10-4-3-5-15(19,7-10)9-16-8-12-6-11(2)13(20-12)14(17)18/h6,10,16,19H,3-5,7-9H2,1-2H3,(H,17,18). The highest BCUT2D eigenvalue weighted by Crippen LogP contribution is 2.31. The van der Waals surface area contributed by atoms with Crippen molar-refractivity contribution >= 4 is 5.97 Å². The third-order valence-corrected chi connectivity index (χ3v) is 3.98. The molecule has 0 aliphatic heterocycles. The van der Waals surface area contributed by atoms with E-state index < -0.39 is 11.6 Å². The molecule has 112 valence electrons. The summed E-state index contributed by atoms with van der Waals surface area (Å²) in [6.07, 6.45) is 3.88. The maximum Gasteiger partial charge on any atom is 0.372 e. The molecule has 2 atom stereocenters. The fourth-order valence-corrected chi connectivity index (χ4v) is 3.06. The van der Waals surface area contributed by atoms with Gasteiger partial charge in [-0.05, 0) is 31.7 Å². The fourth-order valence-electron chi connectivity index (χ4n) is 3.06. The van der Waals surface area contributed by atoms with Crippen LogP contribution in [0.25, 0.3) is 0 Å². The van der Waals surface area contributed by atoms with Gasteiger partial charge in [0.2, 0.25) is 5.76 Å². The lowest BCUT2D eigenvalue weighted by Gasteiger charge is -2.35. The number of aliphatic hydroxyl groups is 1. The Labute approximate surface area is 119 Å². The van der Waals surface area contributed by atoms with Crippen LogP contribution in [-0.2, 0) is 6.54 Å². The van der Waals surface area contributed by atoms with Gasteiger partial charge in [0.25, 0.3) is 0 Å². The molecule has 1 saturated carbocycles. The van der Waals surface area contributed by atoms with E-state index in [0.717, 1.165) is 19.3 Å². The van der Waals surface area contributed by atoms with Gasteiger partial charge in [0.1, 0.15) is 5.76 Å². The van der Waals surface area contributed by atoms with E-state index in [1.807, 2.05) is 0 Å². The van der Waals surface area contributed by atoms with Gasteiger partial charge in [-0.25, -0.2) is 4.79 Å². The van der Waals surface area contributed by atoms with Gasteiger partial charge >= 0.3 is 5.97 Å². The van der Waals surface area contributed by atoms with Gasteiger partial charge in [0.15, 0.2) is 0 Å². The summed E-state index contributed by atoms with van der Waals surface area (Å²) in [7, 11) is 0. The number of aromatic carboxylic acids is 1. The zero-order valence-electron chi connectivity index (χ0n) is 12.1. The molecule has 2 rings (SSSR count). The molecule has 0 amide bonds. The highest BCUT2D eigenvalue weighted by molar-refractivity contribution is 5.86. The van der Waals surface area contributed by atoms with Crippen molar-refractivity contribution in [2.75, 3.05) is 6.54 Å². The van der Waals surface area contributed by atoms with E-state index in [1.54, 1.807) is 13.0 Å². The van der Waals surface area contributed by atoms with Gasteiger partial charge in [-0.15, -0.1) is 0 Å². The predicted molar refractivity (Wildman–Crippen MR) is 74.7 cm³/mol. The highest BCUT2D eigenvalue weighted by atomic mass is 16.4. The second-order valence-electron chi connectivity index (χ2n) is 6.06. The topological polar surface area (TPSA) is 82.7 Å².